The Morgan fingerprint density at radius 3 is 2.48 bits per heavy atom. The number of fused-ring (bicyclic) bond motifs is 1. The van der Waals surface area contributed by atoms with Gasteiger partial charge < -0.3 is 5.73 Å². The molecule has 158 valence electrons. The number of imide groups is 1. The molecule has 1 unspecified atom stereocenters. The minimum atomic E-state index is -0.681. The maximum atomic E-state index is 13.4. The van der Waals surface area contributed by atoms with Crippen molar-refractivity contribution in [1.82, 2.24) is 9.88 Å². The normalized spacial score (nSPS) is 18.7. The zero-order valence-electron chi connectivity index (χ0n) is 17.3. The average Bonchev–Trinajstić information content (AvgIpc) is 2.97. The first-order valence-corrected chi connectivity index (χ1v) is 10.1. The molecule has 2 N–H and O–H groups in total. The van der Waals surface area contributed by atoms with Gasteiger partial charge in [0.1, 0.15) is 11.5 Å². The highest BCUT2D eigenvalue weighted by Gasteiger charge is 2.46. The van der Waals surface area contributed by atoms with Crippen molar-refractivity contribution >= 4 is 28.6 Å². The Kier molecular flexibility index (Phi) is 5.05. The molecule has 3 aromatic rings. The van der Waals surface area contributed by atoms with Crippen molar-refractivity contribution in [2.45, 2.75) is 33.2 Å². The Labute approximate surface area is 178 Å². The highest BCUT2D eigenvalue weighted by Crippen LogP contribution is 2.36. The second-order valence-electron chi connectivity index (χ2n) is 8.15. The van der Waals surface area contributed by atoms with E-state index in [2.05, 4.69) is 4.98 Å². The number of hydrogen-bond donors (Lipinski definition) is 1. The summed E-state index contributed by atoms with van der Waals surface area (Å²) in [6, 6.07) is 12.9. The van der Waals surface area contributed by atoms with Gasteiger partial charge in [-0.3, -0.25) is 19.3 Å². The van der Waals surface area contributed by atoms with E-state index in [-0.39, 0.29) is 36.3 Å². The van der Waals surface area contributed by atoms with Gasteiger partial charge in [-0.15, -0.1) is 0 Å². The van der Waals surface area contributed by atoms with Crippen molar-refractivity contribution in [3.8, 4) is 11.1 Å². The van der Waals surface area contributed by atoms with E-state index in [0.29, 0.717) is 28.6 Å². The molecule has 1 aliphatic rings. The largest absolute Gasteiger partial charge is 0.364 e. The quantitative estimate of drug-likeness (QED) is 0.637. The van der Waals surface area contributed by atoms with Gasteiger partial charge >= 0.3 is 0 Å². The SMILES string of the molecule is CCC1(C)CC(=O)N(Cc2ccc3c(-c4ccc(F)cc4)cc(C(N)=O)nc3c2)C1=O. The lowest BCUT2D eigenvalue weighted by atomic mass is 9.86. The molecule has 1 fully saturated rings. The summed E-state index contributed by atoms with van der Waals surface area (Å²) in [5.74, 6) is -1.41. The molecule has 0 radical (unpaired) electrons. The van der Waals surface area contributed by atoms with Gasteiger partial charge in [-0.1, -0.05) is 38.1 Å². The van der Waals surface area contributed by atoms with Crippen molar-refractivity contribution in [3.63, 3.8) is 0 Å². The van der Waals surface area contributed by atoms with Crippen LogP contribution in [0.15, 0.2) is 48.5 Å². The van der Waals surface area contributed by atoms with Crippen LogP contribution in [0.25, 0.3) is 22.0 Å². The Balaban J connectivity index is 1.77. The molecule has 1 atom stereocenters. The molecular formula is C24H22FN3O3. The number of rotatable bonds is 5. The molecule has 6 nitrogen and oxygen atoms in total. The van der Waals surface area contributed by atoms with E-state index in [1.54, 1.807) is 24.3 Å². The molecule has 1 aromatic heterocycles. The fraction of sp³-hybridized carbons (Fsp3) is 0.250. The fourth-order valence-corrected chi connectivity index (χ4v) is 3.93. The van der Waals surface area contributed by atoms with E-state index in [1.165, 1.54) is 17.0 Å². The van der Waals surface area contributed by atoms with Crippen molar-refractivity contribution in [2.24, 2.45) is 11.1 Å². The molecule has 2 aromatic carbocycles. The molecule has 2 heterocycles. The van der Waals surface area contributed by atoms with Gasteiger partial charge in [-0.25, -0.2) is 9.37 Å². The molecule has 0 bridgehead atoms. The molecule has 0 aliphatic carbocycles. The molecule has 1 aliphatic heterocycles. The van der Waals surface area contributed by atoms with Crippen molar-refractivity contribution in [2.75, 3.05) is 0 Å². The maximum Gasteiger partial charge on any atom is 0.267 e. The van der Waals surface area contributed by atoms with E-state index in [4.69, 9.17) is 5.73 Å². The highest BCUT2D eigenvalue weighted by atomic mass is 19.1. The summed E-state index contributed by atoms with van der Waals surface area (Å²) in [6.07, 6.45) is 0.797. The van der Waals surface area contributed by atoms with E-state index >= 15 is 0 Å². The number of carbonyl (C=O) groups excluding carboxylic acids is 3. The van der Waals surface area contributed by atoms with Gasteiger partial charge in [0, 0.05) is 11.8 Å². The number of aromatic nitrogens is 1. The molecule has 7 heteroatoms. The lowest BCUT2D eigenvalue weighted by Gasteiger charge is -2.20. The van der Waals surface area contributed by atoms with Gasteiger partial charge in [0.15, 0.2) is 0 Å². The minimum absolute atomic E-state index is 0.0795. The highest BCUT2D eigenvalue weighted by molar-refractivity contribution is 6.06. The summed E-state index contributed by atoms with van der Waals surface area (Å²) < 4.78 is 13.4. The number of halogens is 1. The fourth-order valence-electron chi connectivity index (χ4n) is 3.93. The van der Waals surface area contributed by atoms with Gasteiger partial charge in [0.05, 0.1) is 17.5 Å². The Bertz CT molecular complexity index is 1220. The number of pyridine rings is 1. The van der Waals surface area contributed by atoms with E-state index in [1.807, 2.05) is 26.0 Å². The summed E-state index contributed by atoms with van der Waals surface area (Å²) in [7, 11) is 0. The van der Waals surface area contributed by atoms with Gasteiger partial charge in [-0.05, 0) is 47.4 Å². The predicted octanol–water partition coefficient (Wildman–Crippen LogP) is 3.82. The van der Waals surface area contributed by atoms with Crippen LogP contribution >= 0.6 is 0 Å². The van der Waals surface area contributed by atoms with Crippen LogP contribution < -0.4 is 5.73 Å². The maximum absolute atomic E-state index is 13.4. The molecular weight excluding hydrogens is 397 g/mol. The third kappa shape index (κ3) is 3.67. The summed E-state index contributed by atoms with van der Waals surface area (Å²) in [4.78, 5) is 42.7. The molecule has 0 spiro atoms. The summed E-state index contributed by atoms with van der Waals surface area (Å²) in [6.45, 7) is 3.85. The van der Waals surface area contributed by atoms with Crippen molar-refractivity contribution < 1.29 is 18.8 Å². The number of primary amides is 1. The topological polar surface area (TPSA) is 93.4 Å². The lowest BCUT2D eigenvalue weighted by molar-refractivity contribution is -0.141. The number of carbonyl (C=O) groups is 3. The number of nitrogens with zero attached hydrogens (tertiary/aromatic N) is 2. The third-order valence-electron chi connectivity index (χ3n) is 6.01. The Morgan fingerprint density at radius 2 is 1.87 bits per heavy atom. The monoisotopic (exact) mass is 419 g/mol. The number of amides is 3. The second kappa shape index (κ2) is 7.58. The zero-order valence-corrected chi connectivity index (χ0v) is 17.3. The van der Waals surface area contributed by atoms with Crippen LogP contribution in [0.5, 0.6) is 0 Å². The third-order valence-corrected chi connectivity index (χ3v) is 6.01. The zero-order chi connectivity index (χ0) is 22.3. The molecule has 1 saturated heterocycles. The van der Waals surface area contributed by atoms with Crippen LogP contribution in [-0.2, 0) is 16.1 Å². The van der Waals surface area contributed by atoms with E-state index < -0.39 is 11.3 Å². The summed E-state index contributed by atoms with van der Waals surface area (Å²) >= 11 is 0. The van der Waals surface area contributed by atoms with Crippen LogP contribution in [0.1, 0.15) is 42.7 Å². The first-order chi connectivity index (χ1) is 14.7. The summed E-state index contributed by atoms with van der Waals surface area (Å²) in [5.41, 5.74) is 7.51. The summed E-state index contributed by atoms with van der Waals surface area (Å²) in [5, 5.41) is 0.748. The molecule has 31 heavy (non-hydrogen) atoms. The van der Waals surface area contributed by atoms with Crippen molar-refractivity contribution in [3.05, 3.63) is 65.6 Å². The van der Waals surface area contributed by atoms with Crippen molar-refractivity contribution in [1.29, 1.82) is 0 Å². The standard InChI is InChI=1S/C24H22FN3O3/c1-3-24(2)12-21(29)28(23(24)31)13-14-4-9-17-18(15-5-7-16(25)8-6-15)11-20(22(26)30)27-19(17)10-14/h4-11H,3,12-13H2,1-2H3,(H2,26,30). The second-order valence-corrected chi connectivity index (χ2v) is 8.15. The number of benzene rings is 2. The Morgan fingerprint density at radius 1 is 1.16 bits per heavy atom. The van der Waals surface area contributed by atoms with Crippen LogP contribution in [0.3, 0.4) is 0 Å². The van der Waals surface area contributed by atoms with Gasteiger partial charge in [-0.2, -0.15) is 0 Å². The van der Waals surface area contributed by atoms with Gasteiger partial charge in [0.2, 0.25) is 11.8 Å². The molecule has 4 rings (SSSR count). The lowest BCUT2D eigenvalue weighted by Crippen LogP contribution is -2.33. The molecule has 3 amide bonds. The van der Waals surface area contributed by atoms with Gasteiger partial charge in [0.25, 0.3) is 5.91 Å². The van der Waals surface area contributed by atoms with E-state index in [0.717, 1.165) is 5.39 Å². The number of nitrogens with two attached hydrogens (primary N) is 1. The first kappa shape index (κ1) is 20.7. The van der Waals surface area contributed by atoms with E-state index in [9.17, 15) is 18.8 Å². The minimum Gasteiger partial charge on any atom is -0.364 e. The molecule has 0 saturated carbocycles. The van der Waals surface area contributed by atoms with Crippen LogP contribution in [-0.4, -0.2) is 27.6 Å². The Hall–Kier alpha value is -3.61. The first-order valence-electron chi connectivity index (χ1n) is 10.1. The number of hydrogen-bond acceptors (Lipinski definition) is 4. The predicted molar refractivity (Wildman–Crippen MR) is 114 cm³/mol. The number of likely N-dealkylation sites (tertiary alicyclic amines) is 1. The van der Waals surface area contributed by atoms with Crippen LogP contribution in [0.2, 0.25) is 0 Å². The average molecular weight is 419 g/mol. The van der Waals surface area contributed by atoms with Crippen LogP contribution in [0.4, 0.5) is 4.39 Å². The smallest absolute Gasteiger partial charge is 0.267 e. The van der Waals surface area contributed by atoms with Crippen LogP contribution in [0, 0.1) is 11.2 Å².